The van der Waals surface area contributed by atoms with Crippen molar-refractivity contribution in [3.05, 3.63) is 82.7 Å². The van der Waals surface area contributed by atoms with Gasteiger partial charge in [0, 0.05) is 56.8 Å². The van der Waals surface area contributed by atoms with Crippen molar-refractivity contribution in [2.45, 2.75) is 18.9 Å². The Morgan fingerprint density at radius 1 is 1.03 bits per heavy atom. The highest BCUT2D eigenvalue weighted by atomic mass is 16.2. The van der Waals surface area contributed by atoms with E-state index < -0.39 is 0 Å². The maximum absolute atomic E-state index is 13.4. The fourth-order valence-electron chi connectivity index (χ4n) is 5.29. The molecule has 5 heterocycles. The highest BCUT2D eigenvalue weighted by Gasteiger charge is 2.37. The van der Waals surface area contributed by atoms with Crippen LogP contribution in [0.2, 0.25) is 0 Å². The topological polar surface area (TPSA) is 64.5 Å². The zero-order valence-corrected chi connectivity index (χ0v) is 17.3. The predicted octanol–water partition coefficient (Wildman–Crippen LogP) is 2.76. The molecule has 0 saturated carbocycles. The maximum atomic E-state index is 13.4. The van der Waals surface area contributed by atoms with E-state index in [2.05, 4.69) is 11.2 Å². The number of nitrogens with zero attached hydrogens (tertiary/aromatic N) is 5. The number of carbonyl (C=O) groups excluding carboxylic acids is 1. The highest BCUT2D eigenvalue weighted by Crippen LogP contribution is 2.37. The monoisotopic (exact) mass is 413 g/mol. The van der Waals surface area contributed by atoms with Gasteiger partial charge in [-0.05, 0) is 29.5 Å². The van der Waals surface area contributed by atoms with Gasteiger partial charge >= 0.3 is 0 Å². The first-order valence-electron chi connectivity index (χ1n) is 10.7. The van der Waals surface area contributed by atoms with Crippen LogP contribution in [-0.4, -0.2) is 42.6 Å². The summed E-state index contributed by atoms with van der Waals surface area (Å²) in [7, 11) is 1.92. The van der Waals surface area contributed by atoms with Gasteiger partial charge in [0.2, 0.25) is 0 Å². The van der Waals surface area contributed by atoms with Gasteiger partial charge in [-0.15, -0.1) is 0 Å². The second-order valence-electron chi connectivity index (χ2n) is 8.73. The number of hydrogen-bond acceptors (Lipinski definition) is 3. The van der Waals surface area contributed by atoms with Crippen LogP contribution < -0.4 is 5.56 Å². The van der Waals surface area contributed by atoms with Crippen molar-refractivity contribution < 1.29 is 4.79 Å². The molecule has 7 nitrogen and oxygen atoms in total. The second-order valence-corrected chi connectivity index (χ2v) is 8.73. The summed E-state index contributed by atoms with van der Waals surface area (Å²) in [5.41, 5.74) is 4.51. The van der Waals surface area contributed by atoms with Crippen molar-refractivity contribution in [1.82, 2.24) is 23.6 Å². The molecule has 1 fully saturated rings. The number of imidazole rings is 1. The summed E-state index contributed by atoms with van der Waals surface area (Å²) in [5, 5.41) is 4.32. The zero-order valence-electron chi connectivity index (χ0n) is 17.3. The molecule has 0 radical (unpaired) electrons. The summed E-state index contributed by atoms with van der Waals surface area (Å²) >= 11 is 0. The number of carbonyl (C=O) groups is 1. The molecule has 1 amide bonds. The molecule has 2 bridgehead atoms. The van der Waals surface area contributed by atoms with Gasteiger partial charge in [0.15, 0.2) is 0 Å². The zero-order chi connectivity index (χ0) is 21.1. The molecule has 1 saturated heterocycles. The Morgan fingerprint density at radius 2 is 1.87 bits per heavy atom. The van der Waals surface area contributed by atoms with E-state index in [1.165, 1.54) is 0 Å². The van der Waals surface area contributed by atoms with Gasteiger partial charge in [0.05, 0.1) is 6.20 Å². The average molecular weight is 413 g/mol. The molecule has 0 N–H and O–H groups in total. The van der Waals surface area contributed by atoms with Crippen LogP contribution in [0.25, 0.3) is 16.8 Å². The minimum absolute atomic E-state index is 0.0153. The number of fused-ring (bicyclic) bond motifs is 5. The Morgan fingerprint density at radius 3 is 2.71 bits per heavy atom. The van der Waals surface area contributed by atoms with Crippen molar-refractivity contribution >= 4 is 11.6 Å². The summed E-state index contributed by atoms with van der Waals surface area (Å²) in [4.78, 5) is 28.3. The fourth-order valence-corrected chi connectivity index (χ4v) is 5.29. The third-order valence-electron chi connectivity index (χ3n) is 6.72. The highest BCUT2D eigenvalue weighted by molar-refractivity contribution is 6.00. The summed E-state index contributed by atoms with van der Waals surface area (Å²) in [5.74, 6) is 0.462. The van der Waals surface area contributed by atoms with E-state index in [0.717, 1.165) is 28.9 Å². The summed E-state index contributed by atoms with van der Waals surface area (Å²) in [6, 6.07) is 13.9. The Labute approximate surface area is 179 Å². The van der Waals surface area contributed by atoms with Crippen LogP contribution in [-0.2, 0) is 13.6 Å². The molecule has 4 aromatic rings. The van der Waals surface area contributed by atoms with Crippen LogP contribution >= 0.6 is 0 Å². The van der Waals surface area contributed by atoms with Gasteiger partial charge in [-0.25, -0.2) is 4.52 Å². The number of amides is 1. The van der Waals surface area contributed by atoms with Crippen LogP contribution in [0.3, 0.4) is 0 Å². The number of aryl methyl sites for hydroxylation is 1. The molecule has 1 aromatic carbocycles. The molecule has 156 valence electrons. The largest absolute Gasteiger partial charge is 0.337 e. The summed E-state index contributed by atoms with van der Waals surface area (Å²) in [6.07, 6.45) is 6.42. The van der Waals surface area contributed by atoms with E-state index >= 15 is 0 Å². The number of hydrogen-bond donors (Lipinski definition) is 0. The second kappa shape index (κ2) is 6.70. The first-order valence-corrected chi connectivity index (χ1v) is 10.7. The quantitative estimate of drug-likeness (QED) is 0.508. The van der Waals surface area contributed by atoms with Crippen LogP contribution in [0.4, 0.5) is 0 Å². The molecule has 31 heavy (non-hydrogen) atoms. The van der Waals surface area contributed by atoms with Crippen molar-refractivity contribution in [3.8, 4) is 11.1 Å². The van der Waals surface area contributed by atoms with E-state index in [4.69, 9.17) is 0 Å². The molecule has 6 rings (SSSR count). The lowest BCUT2D eigenvalue weighted by Crippen LogP contribution is -2.49. The Kier molecular flexibility index (Phi) is 3.93. The van der Waals surface area contributed by atoms with Gasteiger partial charge in [-0.2, -0.15) is 5.10 Å². The van der Waals surface area contributed by atoms with Crippen molar-refractivity contribution in [2.75, 3.05) is 13.1 Å². The lowest BCUT2D eigenvalue weighted by atomic mass is 9.82. The molecular weight excluding hydrogens is 390 g/mol. The maximum Gasteiger partial charge on any atom is 0.259 e. The van der Waals surface area contributed by atoms with Gasteiger partial charge in [0.25, 0.3) is 11.5 Å². The minimum Gasteiger partial charge on any atom is -0.337 e. The average Bonchev–Trinajstić information content (AvgIpc) is 3.37. The third-order valence-corrected chi connectivity index (χ3v) is 6.72. The van der Waals surface area contributed by atoms with E-state index in [0.29, 0.717) is 25.2 Å². The standard InChI is InChI=1S/C24H23N5O2/c1-26-7-8-29-23(26)20(12-25-29)24(31)27-13-16-9-19(15-27)21-10-18(11-22(30)28(21)14-16)17-5-3-2-4-6-17/h2-8,10-12,16,19H,9,13-15H2,1H3/t16-,19+/m0/s1. The lowest BCUT2D eigenvalue weighted by Gasteiger charge is -2.42. The molecule has 3 aromatic heterocycles. The summed E-state index contributed by atoms with van der Waals surface area (Å²) < 4.78 is 5.58. The normalized spacial score (nSPS) is 20.1. The molecule has 0 aliphatic carbocycles. The van der Waals surface area contributed by atoms with Crippen molar-refractivity contribution in [3.63, 3.8) is 0 Å². The Hall–Kier alpha value is -3.61. The minimum atomic E-state index is 0.0153. The number of likely N-dealkylation sites (tertiary alicyclic amines) is 1. The molecule has 2 aliphatic heterocycles. The van der Waals surface area contributed by atoms with Crippen LogP contribution in [0.5, 0.6) is 0 Å². The van der Waals surface area contributed by atoms with Gasteiger partial charge in [-0.3, -0.25) is 9.59 Å². The molecule has 0 spiro atoms. The van der Waals surface area contributed by atoms with E-state index in [9.17, 15) is 9.59 Å². The van der Waals surface area contributed by atoms with Gasteiger partial charge in [-0.1, -0.05) is 30.3 Å². The van der Waals surface area contributed by atoms with Gasteiger partial charge < -0.3 is 14.0 Å². The van der Waals surface area contributed by atoms with Crippen LogP contribution in [0.15, 0.2) is 65.8 Å². The van der Waals surface area contributed by atoms with Crippen LogP contribution in [0, 0.1) is 5.92 Å². The number of rotatable bonds is 2. The molecule has 2 atom stereocenters. The SMILES string of the molecule is Cn1ccn2ncc(C(=O)N3C[C@@H]4C[C@H](C3)c3cc(-c5ccccc5)cc(=O)n3C4)c12. The van der Waals surface area contributed by atoms with Gasteiger partial charge in [0.1, 0.15) is 11.2 Å². The van der Waals surface area contributed by atoms with E-state index in [1.807, 2.05) is 63.8 Å². The number of pyridine rings is 1. The van der Waals surface area contributed by atoms with Crippen molar-refractivity contribution in [1.29, 1.82) is 0 Å². The van der Waals surface area contributed by atoms with Crippen molar-refractivity contribution in [2.24, 2.45) is 13.0 Å². The first-order chi connectivity index (χ1) is 15.1. The molecular formula is C24H23N5O2. The summed E-state index contributed by atoms with van der Waals surface area (Å²) in [6.45, 7) is 1.95. The molecule has 0 unspecified atom stereocenters. The van der Waals surface area contributed by atoms with Crippen LogP contribution in [0.1, 0.15) is 28.4 Å². The molecule has 2 aliphatic rings. The number of piperidine rings is 1. The Bertz CT molecular complexity index is 1360. The lowest BCUT2D eigenvalue weighted by molar-refractivity contribution is 0.0596. The van der Waals surface area contributed by atoms with E-state index in [-0.39, 0.29) is 23.3 Å². The Balaban J connectivity index is 1.36. The first kappa shape index (κ1) is 18.2. The predicted molar refractivity (Wildman–Crippen MR) is 117 cm³/mol. The van der Waals surface area contributed by atoms with E-state index in [1.54, 1.807) is 16.8 Å². The smallest absolute Gasteiger partial charge is 0.259 e. The molecule has 7 heteroatoms. The fraction of sp³-hybridized carbons (Fsp3) is 0.292. The number of aromatic nitrogens is 4. The third kappa shape index (κ3) is 2.84. The number of benzene rings is 1.